The molecule has 2 rings (SSSR count). The van der Waals surface area contributed by atoms with Gasteiger partial charge in [-0.3, -0.25) is 4.79 Å². The van der Waals surface area contributed by atoms with Gasteiger partial charge in [0, 0.05) is 5.69 Å². The van der Waals surface area contributed by atoms with Gasteiger partial charge in [-0.15, -0.1) is 6.58 Å². The maximum Gasteiger partial charge on any atom is 0.236 e. The van der Waals surface area contributed by atoms with E-state index in [1.54, 1.807) is 13.2 Å². The number of β-lactam (4-membered cyclic amide) rings is 1. The highest BCUT2D eigenvalue weighted by Gasteiger charge is 2.47. The Hall–Kier alpha value is -1.77. The predicted molar refractivity (Wildman–Crippen MR) is 72.8 cm³/mol. The average molecular weight is 245 g/mol. The molecule has 3 nitrogen and oxygen atoms in total. The number of anilines is 1. The topological polar surface area (TPSA) is 29.5 Å². The molecule has 1 aliphatic rings. The second-order valence-electron chi connectivity index (χ2n) is 4.90. The van der Waals surface area contributed by atoms with Crippen LogP contribution in [0.15, 0.2) is 36.9 Å². The van der Waals surface area contributed by atoms with E-state index < -0.39 is 0 Å². The number of nitrogens with zero attached hydrogens (tertiary/aromatic N) is 1. The number of amides is 1. The van der Waals surface area contributed by atoms with E-state index in [1.807, 2.05) is 29.2 Å². The number of carbonyl (C=O) groups excluding carboxylic acids is 1. The number of ether oxygens (including phenoxy) is 1. The van der Waals surface area contributed by atoms with E-state index in [-0.39, 0.29) is 17.9 Å². The van der Waals surface area contributed by atoms with Crippen LogP contribution in [0, 0.1) is 11.8 Å². The van der Waals surface area contributed by atoms with Crippen molar-refractivity contribution in [1.29, 1.82) is 0 Å². The molecule has 0 saturated carbocycles. The Balaban J connectivity index is 2.26. The van der Waals surface area contributed by atoms with E-state index in [2.05, 4.69) is 20.4 Å². The first-order chi connectivity index (χ1) is 8.60. The van der Waals surface area contributed by atoms with Crippen molar-refractivity contribution < 1.29 is 9.53 Å². The zero-order chi connectivity index (χ0) is 13.3. The van der Waals surface area contributed by atoms with Gasteiger partial charge in [-0.1, -0.05) is 19.9 Å². The van der Waals surface area contributed by atoms with Crippen LogP contribution in [0.5, 0.6) is 5.75 Å². The summed E-state index contributed by atoms with van der Waals surface area (Å²) in [5, 5.41) is 0. The first-order valence-electron chi connectivity index (χ1n) is 6.19. The maximum absolute atomic E-state index is 12.1. The first kappa shape index (κ1) is 12.7. The fourth-order valence-corrected chi connectivity index (χ4v) is 2.53. The predicted octanol–water partition coefficient (Wildman–Crippen LogP) is 2.87. The summed E-state index contributed by atoms with van der Waals surface area (Å²) in [5.74, 6) is 1.29. The molecule has 0 aromatic heterocycles. The van der Waals surface area contributed by atoms with Gasteiger partial charge in [-0.05, 0) is 30.2 Å². The highest BCUT2D eigenvalue weighted by atomic mass is 16.5. The van der Waals surface area contributed by atoms with Crippen LogP contribution in [0.25, 0.3) is 0 Å². The summed E-state index contributed by atoms with van der Waals surface area (Å²) in [4.78, 5) is 13.9. The zero-order valence-corrected chi connectivity index (χ0v) is 11.1. The number of methoxy groups -OCH3 is 1. The van der Waals surface area contributed by atoms with Crippen molar-refractivity contribution in [3.63, 3.8) is 0 Å². The molecule has 1 aliphatic heterocycles. The molecule has 0 radical (unpaired) electrons. The molecule has 1 saturated heterocycles. The molecule has 0 bridgehead atoms. The van der Waals surface area contributed by atoms with Gasteiger partial charge in [0.25, 0.3) is 0 Å². The smallest absolute Gasteiger partial charge is 0.236 e. The van der Waals surface area contributed by atoms with Crippen molar-refractivity contribution >= 4 is 11.6 Å². The minimum Gasteiger partial charge on any atom is -0.497 e. The summed E-state index contributed by atoms with van der Waals surface area (Å²) in [6.45, 7) is 8.01. The van der Waals surface area contributed by atoms with E-state index in [4.69, 9.17) is 4.74 Å². The fraction of sp³-hybridized carbons (Fsp3) is 0.400. The molecule has 3 heteroatoms. The van der Waals surface area contributed by atoms with E-state index in [0.29, 0.717) is 5.92 Å². The highest BCUT2D eigenvalue weighted by Crippen LogP contribution is 2.37. The van der Waals surface area contributed by atoms with Crippen molar-refractivity contribution in [2.75, 3.05) is 12.0 Å². The van der Waals surface area contributed by atoms with Crippen LogP contribution in [-0.4, -0.2) is 19.1 Å². The van der Waals surface area contributed by atoms with Gasteiger partial charge in [0.15, 0.2) is 0 Å². The van der Waals surface area contributed by atoms with Crippen LogP contribution >= 0.6 is 0 Å². The SMILES string of the molecule is C=C[C@H]1C(=O)N(c2ccc(OC)cc2)[C@@H]1C(C)C. The van der Waals surface area contributed by atoms with Crippen molar-refractivity contribution in [3.05, 3.63) is 36.9 Å². The molecule has 2 atom stereocenters. The normalized spacial score (nSPS) is 22.9. The minimum atomic E-state index is -0.0490. The first-order valence-corrected chi connectivity index (χ1v) is 6.19. The molecule has 1 amide bonds. The Labute approximate surface area is 108 Å². The third-order valence-corrected chi connectivity index (χ3v) is 3.48. The summed E-state index contributed by atoms with van der Waals surface area (Å²) in [6.07, 6.45) is 1.76. The van der Waals surface area contributed by atoms with E-state index >= 15 is 0 Å². The molecule has 0 N–H and O–H groups in total. The van der Waals surface area contributed by atoms with E-state index in [0.717, 1.165) is 11.4 Å². The van der Waals surface area contributed by atoms with Crippen LogP contribution in [0.1, 0.15) is 13.8 Å². The number of rotatable bonds is 4. The number of carbonyl (C=O) groups is 1. The number of hydrogen-bond acceptors (Lipinski definition) is 2. The number of hydrogen-bond donors (Lipinski definition) is 0. The van der Waals surface area contributed by atoms with Crippen LogP contribution in [0.2, 0.25) is 0 Å². The lowest BCUT2D eigenvalue weighted by Crippen LogP contribution is -2.62. The molecule has 0 aliphatic carbocycles. The Morgan fingerprint density at radius 3 is 2.39 bits per heavy atom. The Morgan fingerprint density at radius 2 is 1.94 bits per heavy atom. The van der Waals surface area contributed by atoms with Crippen molar-refractivity contribution in [3.8, 4) is 5.75 Å². The number of benzene rings is 1. The lowest BCUT2D eigenvalue weighted by molar-refractivity contribution is -0.129. The summed E-state index contributed by atoms with van der Waals surface area (Å²) < 4.78 is 5.12. The quantitative estimate of drug-likeness (QED) is 0.603. The average Bonchev–Trinajstić information content (AvgIpc) is 2.36. The molecule has 1 aromatic carbocycles. The third-order valence-electron chi connectivity index (χ3n) is 3.48. The molecule has 1 fully saturated rings. The minimum absolute atomic E-state index is 0.0490. The lowest BCUT2D eigenvalue weighted by atomic mass is 9.80. The molecule has 1 heterocycles. The van der Waals surface area contributed by atoms with Crippen LogP contribution in [0.3, 0.4) is 0 Å². The lowest BCUT2D eigenvalue weighted by Gasteiger charge is -2.48. The molecular weight excluding hydrogens is 226 g/mol. The molecule has 1 aromatic rings. The highest BCUT2D eigenvalue weighted by molar-refractivity contribution is 6.04. The summed E-state index contributed by atoms with van der Waals surface area (Å²) in [7, 11) is 1.63. The molecule has 18 heavy (non-hydrogen) atoms. The van der Waals surface area contributed by atoms with E-state index in [9.17, 15) is 4.79 Å². The molecule has 96 valence electrons. The Morgan fingerprint density at radius 1 is 1.33 bits per heavy atom. The Kier molecular flexibility index (Phi) is 3.41. The summed E-state index contributed by atoms with van der Waals surface area (Å²) in [6, 6.07) is 7.81. The second kappa shape index (κ2) is 4.84. The van der Waals surface area contributed by atoms with E-state index in [1.165, 1.54) is 0 Å². The van der Waals surface area contributed by atoms with Gasteiger partial charge in [0.1, 0.15) is 5.75 Å². The van der Waals surface area contributed by atoms with Crippen LogP contribution in [-0.2, 0) is 4.79 Å². The zero-order valence-electron chi connectivity index (χ0n) is 11.1. The van der Waals surface area contributed by atoms with Gasteiger partial charge >= 0.3 is 0 Å². The summed E-state index contributed by atoms with van der Waals surface area (Å²) >= 11 is 0. The maximum atomic E-state index is 12.1. The van der Waals surface area contributed by atoms with Gasteiger partial charge in [-0.2, -0.15) is 0 Å². The third kappa shape index (κ3) is 1.90. The van der Waals surface area contributed by atoms with Gasteiger partial charge in [-0.25, -0.2) is 0 Å². The molecule has 0 spiro atoms. The van der Waals surface area contributed by atoms with Gasteiger partial charge in [0.05, 0.1) is 19.1 Å². The summed E-state index contributed by atoms with van der Waals surface area (Å²) in [5.41, 5.74) is 0.928. The van der Waals surface area contributed by atoms with Crippen LogP contribution in [0.4, 0.5) is 5.69 Å². The van der Waals surface area contributed by atoms with Gasteiger partial charge in [0.2, 0.25) is 5.91 Å². The van der Waals surface area contributed by atoms with Gasteiger partial charge < -0.3 is 9.64 Å². The van der Waals surface area contributed by atoms with Crippen molar-refractivity contribution in [2.45, 2.75) is 19.9 Å². The van der Waals surface area contributed by atoms with Crippen molar-refractivity contribution in [2.24, 2.45) is 11.8 Å². The molecular formula is C15H19NO2. The van der Waals surface area contributed by atoms with Crippen molar-refractivity contribution in [1.82, 2.24) is 0 Å². The largest absolute Gasteiger partial charge is 0.497 e. The second-order valence-corrected chi connectivity index (χ2v) is 4.90. The van der Waals surface area contributed by atoms with Crippen LogP contribution < -0.4 is 9.64 Å². The monoisotopic (exact) mass is 245 g/mol. The Bertz CT molecular complexity index is 450. The standard InChI is InChI=1S/C15H19NO2/c1-5-13-14(10(2)3)16(15(13)17)11-6-8-12(18-4)9-7-11/h5-10,13-14H,1H2,2-4H3/t13-,14-/m1/s1. The fourth-order valence-electron chi connectivity index (χ4n) is 2.53. The molecule has 0 unspecified atom stereocenters.